The number of fused-ring (bicyclic) bond motifs is 1. The molecular formula is C24H21NO4. The number of ketones is 1. The van der Waals surface area contributed by atoms with Gasteiger partial charge in [-0.25, -0.2) is 0 Å². The fourth-order valence-corrected chi connectivity index (χ4v) is 3.80. The molecule has 0 radical (unpaired) electrons. The number of para-hydroxylation sites is 2. The Bertz CT molecular complexity index is 1060. The van der Waals surface area contributed by atoms with Gasteiger partial charge in [0.15, 0.2) is 11.4 Å². The maximum absolute atomic E-state index is 13.3. The Hall–Kier alpha value is -3.44. The third kappa shape index (κ3) is 3.30. The molecule has 0 spiro atoms. The van der Waals surface area contributed by atoms with E-state index in [0.29, 0.717) is 29.1 Å². The summed E-state index contributed by atoms with van der Waals surface area (Å²) < 4.78 is 5.26. The number of benzene rings is 3. The molecule has 0 aromatic heterocycles. The number of hydrogen-bond acceptors (Lipinski definition) is 4. The largest absolute Gasteiger partial charge is 0.496 e. The topological polar surface area (TPSA) is 66.8 Å². The van der Waals surface area contributed by atoms with E-state index in [9.17, 15) is 14.7 Å². The zero-order valence-corrected chi connectivity index (χ0v) is 16.0. The van der Waals surface area contributed by atoms with Crippen molar-refractivity contribution in [2.75, 3.05) is 12.0 Å². The van der Waals surface area contributed by atoms with Crippen LogP contribution in [0.25, 0.3) is 0 Å². The monoisotopic (exact) mass is 387 g/mol. The van der Waals surface area contributed by atoms with Gasteiger partial charge in [0.1, 0.15) is 5.75 Å². The molecule has 0 bridgehead atoms. The van der Waals surface area contributed by atoms with Crippen LogP contribution in [0, 0.1) is 0 Å². The number of methoxy groups -OCH3 is 1. The van der Waals surface area contributed by atoms with Crippen LogP contribution >= 0.6 is 0 Å². The molecule has 5 nitrogen and oxygen atoms in total. The lowest BCUT2D eigenvalue weighted by molar-refractivity contribution is -0.136. The molecule has 1 N–H and O–H groups in total. The van der Waals surface area contributed by atoms with Crippen LogP contribution in [0.3, 0.4) is 0 Å². The molecule has 3 aromatic rings. The Morgan fingerprint density at radius 1 is 0.966 bits per heavy atom. The Morgan fingerprint density at radius 3 is 2.38 bits per heavy atom. The van der Waals surface area contributed by atoms with Crippen LogP contribution in [0.2, 0.25) is 0 Å². The number of anilines is 1. The summed E-state index contributed by atoms with van der Waals surface area (Å²) in [5.41, 5.74) is 0.440. The summed E-state index contributed by atoms with van der Waals surface area (Å²) in [4.78, 5) is 27.8. The van der Waals surface area contributed by atoms with Crippen molar-refractivity contribution >= 4 is 17.4 Å². The van der Waals surface area contributed by atoms with Crippen LogP contribution in [0.4, 0.5) is 5.69 Å². The highest BCUT2D eigenvalue weighted by molar-refractivity contribution is 6.11. The summed E-state index contributed by atoms with van der Waals surface area (Å²) in [6.45, 7) is 0.321. The van der Waals surface area contributed by atoms with Crippen molar-refractivity contribution in [2.24, 2.45) is 0 Å². The molecular weight excluding hydrogens is 366 g/mol. The van der Waals surface area contributed by atoms with E-state index in [4.69, 9.17) is 4.74 Å². The van der Waals surface area contributed by atoms with E-state index in [-0.39, 0.29) is 12.2 Å². The van der Waals surface area contributed by atoms with Crippen LogP contribution in [-0.2, 0) is 16.9 Å². The SMILES string of the molecule is COc1ccccc1C(=O)C[C@@]1(O)C(=O)N(Cc2ccccc2)c2ccccc21. The molecule has 1 atom stereocenters. The Balaban J connectivity index is 1.69. The minimum Gasteiger partial charge on any atom is -0.496 e. The number of ether oxygens (including phenoxy) is 1. The minimum absolute atomic E-state index is 0.321. The first-order valence-electron chi connectivity index (χ1n) is 9.38. The van der Waals surface area contributed by atoms with Crippen molar-refractivity contribution in [1.82, 2.24) is 0 Å². The lowest BCUT2D eigenvalue weighted by Crippen LogP contribution is -2.41. The summed E-state index contributed by atoms with van der Waals surface area (Å²) in [5, 5.41) is 11.4. The fourth-order valence-electron chi connectivity index (χ4n) is 3.80. The number of carbonyl (C=O) groups excluding carboxylic acids is 2. The number of carbonyl (C=O) groups is 2. The van der Waals surface area contributed by atoms with Gasteiger partial charge in [0, 0.05) is 5.56 Å². The van der Waals surface area contributed by atoms with Gasteiger partial charge >= 0.3 is 0 Å². The van der Waals surface area contributed by atoms with Gasteiger partial charge < -0.3 is 14.7 Å². The quantitative estimate of drug-likeness (QED) is 0.655. The molecule has 1 heterocycles. The summed E-state index contributed by atoms with van der Waals surface area (Å²) in [6, 6.07) is 23.4. The van der Waals surface area contributed by atoms with Gasteiger partial charge in [0.2, 0.25) is 0 Å². The van der Waals surface area contributed by atoms with Crippen molar-refractivity contribution < 1.29 is 19.4 Å². The standard InChI is InChI=1S/C24H21NO4/c1-29-22-14-8-5-11-18(22)21(26)15-24(28)19-12-6-7-13-20(19)25(23(24)27)16-17-9-3-2-4-10-17/h2-14,28H,15-16H2,1H3/t24-/m0/s1. The molecule has 0 unspecified atom stereocenters. The molecule has 0 saturated heterocycles. The molecule has 1 amide bonds. The van der Waals surface area contributed by atoms with Crippen molar-refractivity contribution in [3.63, 3.8) is 0 Å². The van der Waals surface area contributed by atoms with Crippen molar-refractivity contribution in [1.29, 1.82) is 0 Å². The van der Waals surface area contributed by atoms with Gasteiger partial charge in [-0.1, -0.05) is 60.7 Å². The predicted octanol–water partition coefficient (Wildman–Crippen LogP) is 3.70. The van der Waals surface area contributed by atoms with Gasteiger partial charge in [0.05, 0.1) is 31.3 Å². The van der Waals surface area contributed by atoms with Gasteiger partial charge in [0.25, 0.3) is 5.91 Å². The third-order valence-corrected chi connectivity index (χ3v) is 5.25. The zero-order chi connectivity index (χ0) is 20.4. The lowest BCUT2D eigenvalue weighted by atomic mass is 9.88. The molecule has 1 aliphatic rings. The first kappa shape index (κ1) is 18.9. The van der Waals surface area contributed by atoms with Crippen molar-refractivity contribution in [2.45, 2.75) is 18.6 Å². The molecule has 5 heteroatoms. The minimum atomic E-state index is -1.91. The zero-order valence-electron chi connectivity index (χ0n) is 16.0. The molecule has 29 heavy (non-hydrogen) atoms. The van der Waals surface area contributed by atoms with Crippen LogP contribution in [0.15, 0.2) is 78.9 Å². The van der Waals surface area contributed by atoms with Crippen LogP contribution in [-0.4, -0.2) is 23.9 Å². The average molecular weight is 387 g/mol. The number of hydrogen-bond donors (Lipinski definition) is 1. The number of aliphatic hydroxyl groups is 1. The van der Waals surface area contributed by atoms with E-state index in [1.54, 1.807) is 47.4 Å². The first-order valence-corrected chi connectivity index (χ1v) is 9.38. The normalized spacial score (nSPS) is 17.9. The molecule has 1 aliphatic heterocycles. The average Bonchev–Trinajstić information content (AvgIpc) is 2.96. The van der Waals surface area contributed by atoms with E-state index in [1.807, 2.05) is 36.4 Å². The van der Waals surface area contributed by atoms with Crippen LogP contribution < -0.4 is 9.64 Å². The highest BCUT2D eigenvalue weighted by atomic mass is 16.5. The van der Waals surface area contributed by atoms with Gasteiger partial charge in [-0.05, 0) is 23.8 Å². The summed E-state index contributed by atoms with van der Waals surface area (Å²) in [7, 11) is 1.48. The van der Waals surface area contributed by atoms with E-state index < -0.39 is 11.5 Å². The lowest BCUT2D eigenvalue weighted by Gasteiger charge is -2.23. The fraction of sp³-hybridized carbons (Fsp3) is 0.167. The van der Waals surface area contributed by atoms with Crippen LogP contribution in [0.1, 0.15) is 27.9 Å². The van der Waals surface area contributed by atoms with Crippen molar-refractivity contribution in [3.05, 3.63) is 95.6 Å². The smallest absolute Gasteiger partial charge is 0.264 e. The maximum Gasteiger partial charge on any atom is 0.264 e. The highest BCUT2D eigenvalue weighted by Gasteiger charge is 2.50. The van der Waals surface area contributed by atoms with Gasteiger partial charge in [-0.3, -0.25) is 9.59 Å². The predicted molar refractivity (Wildman–Crippen MR) is 110 cm³/mol. The first-order chi connectivity index (χ1) is 14.0. The van der Waals surface area contributed by atoms with Gasteiger partial charge in [-0.15, -0.1) is 0 Å². The number of amides is 1. The summed E-state index contributed by atoms with van der Waals surface area (Å²) in [6.07, 6.45) is -0.353. The number of nitrogens with zero attached hydrogens (tertiary/aromatic N) is 1. The third-order valence-electron chi connectivity index (χ3n) is 5.25. The van der Waals surface area contributed by atoms with Gasteiger partial charge in [-0.2, -0.15) is 0 Å². The molecule has 3 aromatic carbocycles. The molecule has 0 aliphatic carbocycles. The summed E-state index contributed by atoms with van der Waals surface area (Å²) in [5.74, 6) is -0.429. The maximum atomic E-state index is 13.3. The Labute approximate surface area is 169 Å². The summed E-state index contributed by atoms with van der Waals surface area (Å²) >= 11 is 0. The van der Waals surface area contributed by atoms with E-state index in [1.165, 1.54) is 7.11 Å². The van der Waals surface area contributed by atoms with Crippen LogP contribution in [0.5, 0.6) is 5.75 Å². The van der Waals surface area contributed by atoms with E-state index >= 15 is 0 Å². The second kappa shape index (κ2) is 7.53. The Morgan fingerprint density at radius 2 is 1.62 bits per heavy atom. The highest BCUT2D eigenvalue weighted by Crippen LogP contribution is 2.43. The molecule has 0 fully saturated rings. The second-order valence-electron chi connectivity index (χ2n) is 7.05. The molecule has 0 saturated carbocycles. The van der Waals surface area contributed by atoms with Crippen molar-refractivity contribution in [3.8, 4) is 5.75 Å². The number of rotatable bonds is 6. The Kier molecular flexibility index (Phi) is 4.91. The second-order valence-corrected chi connectivity index (χ2v) is 7.05. The van der Waals surface area contributed by atoms with E-state index in [0.717, 1.165) is 5.56 Å². The number of Topliss-reactive ketones (excluding diaryl/α,β-unsaturated/α-hetero) is 1. The van der Waals surface area contributed by atoms with E-state index in [2.05, 4.69) is 0 Å². The molecule has 146 valence electrons. The molecule has 4 rings (SSSR count).